The number of hydrogen-bond donors (Lipinski definition) is 2. The number of carbonyl (C=O) groups excluding carboxylic acids is 1. The molecule has 1 saturated carbocycles. The standard InChI is InChI=1S/C20H24N2O3S/c23-20(22-18-8-4-5-9-18)17-10-12-19(13-11-17)26(24,25)21-15-14-16-6-2-1-3-7-16/h1-3,6-7,10-13,18,21H,4-5,8-9,14-15H2,(H,22,23). The summed E-state index contributed by atoms with van der Waals surface area (Å²) >= 11 is 0. The number of nitrogens with one attached hydrogen (secondary N) is 2. The predicted molar refractivity (Wildman–Crippen MR) is 101 cm³/mol. The molecule has 1 aliphatic carbocycles. The van der Waals surface area contributed by atoms with Crippen LogP contribution in [0.4, 0.5) is 0 Å². The highest BCUT2D eigenvalue weighted by Gasteiger charge is 2.19. The maximum absolute atomic E-state index is 12.4. The van der Waals surface area contributed by atoms with Crippen molar-refractivity contribution in [1.82, 2.24) is 10.0 Å². The highest BCUT2D eigenvalue weighted by Crippen LogP contribution is 2.18. The van der Waals surface area contributed by atoms with E-state index in [4.69, 9.17) is 0 Å². The van der Waals surface area contributed by atoms with Crippen LogP contribution in [-0.4, -0.2) is 26.9 Å². The summed E-state index contributed by atoms with van der Waals surface area (Å²) < 4.78 is 27.3. The van der Waals surface area contributed by atoms with E-state index >= 15 is 0 Å². The van der Waals surface area contributed by atoms with Crippen molar-refractivity contribution in [3.63, 3.8) is 0 Å². The van der Waals surface area contributed by atoms with Crippen LogP contribution in [0.1, 0.15) is 41.6 Å². The molecule has 138 valence electrons. The fourth-order valence-electron chi connectivity index (χ4n) is 3.18. The summed E-state index contributed by atoms with van der Waals surface area (Å²) in [4.78, 5) is 12.4. The van der Waals surface area contributed by atoms with Crippen molar-refractivity contribution in [2.45, 2.75) is 43.0 Å². The lowest BCUT2D eigenvalue weighted by molar-refractivity contribution is 0.0938. The van der Waals surface area contributed by atoms with Crippen LogP contribution < -0.4 is 10.0 Å². The second-order valence-corrected chi connectivity index (χ2v) is 8.38. The Bertz CT molecular complexity index is 827. The van der Waals surface area contributed by atoms with Crippen molar-refractivity contribution in [2.24, 2.45) is 0 Å². The van der Waals surface area contributed by atoms with E-state index in [-0.39, 0.29) is 16.8 Å². The maximum Gasteiger partial charge on any atom is 0.251 e. The van der Waals surface area contributed by atoms with E-state index in [1.807, 2.05) is 30.3 Å². The molecular formula is C20H24N2O3S. The van der Waals surface area contributed by atoms with Crippen LogP contribution in [0.25, 0.3) is 0 Å². The summed E-state index contributed by atoms with van der Waals surface area (Å²) in [5.41, 5.74) is 1.56. The minimum absolute atomic E-state index is 0.141. The van der Waals surface area contributed by atoms with E-state index in [0.717, 1.165) is 31.2 Å². The molecule has 0 aliphatic heterocycles. The molecule has 0 aromatic heterocycles. The third kappa shape index (κ3) is 4.93. The average molecular weight is 372 g/mol. The largest absolute Gasteiger partial charge is 0.349 e. The van der Waals surface area contributed by atoms with Crippen molar-refractivity contribution in [3.8, 4) is 0 Å². The van der Waals surface area contributed by atoms with Gasteiger partial charge in [0, 0.05) is 18.2 Å². The molecule has 1 fully saturated rings. The molecule has 0 radical (unpaired) electrons. The quantitative estimate of drug-likeness (QED) is 0.785. The Labute approximate surface area is 154 Å². The molecule has 2 aromatic rings. The van der Waals surface area contributed by atoms with Gasteiger partial charge in [-0.2, -0.15) is 0 Å². The van der Waals surface area contributed by atoms with Gasteiger partial charge in [0.25, 0.3) is 5.91 Å². The van der Waals surface area contributed by atoms with Crippen LogP contribution in [-0.2, 0) is 16.4 Å². The summed E-state index contributed by atoms with van der Waals surface area (Å²) in [6.07, 6.45) is 4.96. The van der Waals surface area contributed by atoms with Gasteiger partial charge in [-0.1, -0.05) is 43.2 Å². The Hall–Kier alpha value is -2.18. The highest BCUT2D eigenvalue weighted by molar-refractivity contribution is 7.89. The first-order valence-corrected chi connectivity index (χ1v) is 10.5. The second kappa shape index (κ2) is 8.47. The first-order chi connectivity index (χ1) is 12.5. The molecule has 0 saturated heterocycles. The van der Waals surface area contributed by atoms with Crippen LogP contribution in [0.2, 0.25) is 0 Å². The third-order valence-corrected chi connectivity index (χ3v) is 6.14. The van der Waals surface area contributed by atoms with Gasteiger partial charge in [0.1, 0.15) is 0 Å². The number of benzene rings is 2. The third-order valence-electron chi connectivity index (χ3n) is 4.67. The van der Waals surface area contributed by atoms with Gasteiger partial charge in [0.2, 0.25) is 10.0 Å². The molecule has 0 atom stereocenters. The van der Waals surface area contributed by atoms with Crippen molar-refractivity contribution in [2.75, 3.05) is 6.54 Å². The van der Waals surface area contributed by atoms with Crippen molar-refractivity contribution in [1.29, 1.82) is 0 Å². The van der Waals surface area contributed by atoms with Crippen LogP contribution in [0.3, 0.4) is 0 Å². The van der Waals surface area contributed by atoms with E-state index in [1.54, 1.807) is 12.1 Å². The van der Waals surface area contributed by atoms with Gasteiger partial charge in [-0.25, -0.2) is 13.1 Å². The number of rotatable bonds is 7. The molecule has 2 N–H and O–H groups in total. The maximum atomic E-state index is 12.4. The number of hydrogen-bond acceptors (Lipinski definition) is 3. The Balaban J connectivity index is 1.56. The average Bonchev–Trinajstić information content (AvgIpc) is 3.15. The van der Waals surface area contributed by atoms with Crippen LogP contribution in [0, 0.1) is 0 Å². The molecule has 5 nitrogen and oxygen atoms in total. The summed E-state index contributed by atoms with van der Waals surface area (Å²) in [6.45, 7) is 0.330. The molecule has 0 unspecified atom stereocenters. The topological polar surface area (TPSA) is 75.3 Å². The molecule has 26 heavy (non-hydrogen) atoms. The number of sulfonamides is 1. The van der Waals surface area contributed by atoms with Gasteiger partial charge in [-0.05, 0) is 49.1 Å². The van der Waals surface area contributed by atoms with E-state index in [0.29, 0.717) is 18.5 Å². The van der Waals surface area contributed by atoms with Crippen molar-refractivity contribution in [3.05, 3.63) is 65.7 Å². The van der Waals surface area contributed by atoms with E-state index in [2.05, 4.69) is 10.0 Å². The molecule has 2 aromatic carbocycles. The number of carbonyl (C=O) groups is 1. The zero-order valence-corrected chi connectivity index (χ0v) is 15.5. The van der Waals surface area contributed by atoms with E-state index in [1.165, 1.54) is 12.1 Å². The van der Waals surface area contributed by atoms with Gasteiger partial charge in [-0.3, -0.25) is 4.79 Å². The lowest BCUT2D eigenvalue weighted by Gasteiger charge is -2.12. The Morgan fingerprint density at radius 2 is 1.62 bits per heavy atom. The minimum Gasteiger partial charge on any atom is -0.349 e. The summed E-state index contributed by atoms with van der Waals surface area (Å²) in [6, 6.07) is 16.1. The van der Waals surface area contributed by atoms with Crippen molar-refractivity contribution < 1.29 is 13.2 Å². The fraction of sp³-hybridized carbons (Fsp3) is 0.350. The van der Waals surface area contributed by atoms with Gasteiger partial charge in [0.05, 0.1) is 4.90 Å². The normalized spacial score (nSPS) is 15.1. The molecule has 0 spiro atoms. The zero-order valence-electron chi connectivity index (χ0n) is 14.6. The second-order valence-electron chi connectivity index (χ2n) is 6.61. The van der Waals surface area contributed by atoms with Crippen molar-refractivity contribution >= 4 is 15.9 Å². The van der Waals surface area contributed by atoms with E-state index < -0.39 is 10.0 Å². The van der Waals surface area contributed by atoms with Gasteiger partial charge in [-0.15, -0.1) is 0 Å². The summed E-state index contributed by atoms with van der Waals surface area (Å²) in [7, 11) is -3.58. The molecule has 1 amide bonds. The van der Waals surface area contributed by atoms with E-state index in [9.17, 15) is 13.2 Å². The zero-order chi connectivity index (χ0) is 18.4. The van der Waals surface area contributed by atoms with Crippen LogP contribution in [0.15, 0.2) is 59.5 Å². The Kier molecular flexibility index (Phi) is 6.06. The van der Waals surface area contributed by atoms with Crippen LogP contribution in [0.5, 0.6) is 0 Å². The molecule has 1 aliphatic rings. The molecule has 0 bridgehead atoms. The Morgan fingerprint density at radius 1 is 0.962 bits per heavy atom. The lowest BCUT2D eigenvalue weighted by atomic mass is 10.2. The monoisotopic (exact) mass is 372 g/mol. The smallest absolute Gasteiger partial charge is 0.251 e. The summed E-state index contributed by atoms with van der Waals surface area (Å²) in [5.74, 6) is -0.141. The minimum atomic E-state index is -3.58. The highest BCUT2D eigenvalue weighted by atomic mass is 32.2. The molecule has 6 heteroatoms. The Morgan fingerprint density at radius 3 is 2.27 bits per heavy atom. The van der Waals surface area contributed by atoms with Gasteiger partial charge in [0.15, 0.2) is 0 Å². The summed E-state index contributed by atoms with van der Waals surface area (Å²) in [5, 5.41) is 3.00. The SMILES string of the molecule is O=C(NC1CCCC1)c1ccc(S(=O)(=O)NCCc2ccccc2)cc1. The first-order valence-electron chi connectivity index (χ1n) is 8.99. The number of amides is 1. The molecule has 0 heterocycles. The van der Waals surface area contributed by atoms with Gasteiger partial charge < -0.3 is 5.32 Å². The van der Waals surface area contributed by atoms with Crippen LogP contribution >= 0.6 is 0 Å². The molecular weight excluding hydrogens is 348 g/mol. The predicted octanol–water partition coefficient (Wildman–Crippen LogP) is 2.88. The fourth-order valence-corrected chi connectivity index (χ4v) is 4.21. The lowest BCUT2D eigenvalue weighted by Crippen LogP contribution is -2.32. The molecule has 3 rings (SSSR count). The first kappa shape index (κ1) is 18.6. The van der Waals surface area contributed by atoms with Gasteiger partial charge >= 0.3 is 0 Å².